The predicted octanol–water partition coefficient (Wildman–Crippen LogP) is 5.68. The van der Waals surface area contributed by atoms with Crippen molar-refractivity contribution in [1.82, 2.24) is 0 Å². The van der Waals surface area contributed by atoms with Crippen molar-refractivity contribution in [1.29, 1.82) is 0 Å². The van der Waals surface area contributed by atoms with Gasteiger partial charge in [0.05, 0.1) is 0 Å². The quantitative estimate of drug-likeness (QED) is 0.676. The second-order valence-corrected chi connectivity index (χ2v) is 9.75. The average molecular weight is 331 g/mol. The van der Waals surface area contributed by atoms with Gasteiger partial charge in [0.1, 0.15) is 0 Å². The second kappa shape index (κ2) is 5.88. The van der Waals surface area contributed by atoms with Crippen LogP contribution in [0.4, 0.5) is 0 Å². The Morgan fingerprint density at radius 2 is 1.92 bits per heavy atom. The molecule has 2 heteroatoms. The van der Waals surface area contributed by atoms with Crippen molar-refractivity contribution < 1.29 is 9.90 Å². The average Bonchev–Trinajstić information content (AvgIpc) is 2.89. The number of allylic oxidation sites excluding steroid dienone is 2. The fraction of sp³-hybridized carbons (Fsp3) is 0.864. The van der Waals surface area contributed by atoms with Gasteiger partial charge in [0, 0.05) is 6.42 Å². The summed E-state index contributed by atoms with van der Waals surface area (Å²) in [4.78, 5) is 11.0. The van der Waals surface area contributed by atoms with E-state index in [2.05, 4.69) is 26.0 Å². The summed E-state index contributed by atoms with van der Waals surface area (Å²) in [5.41, 5.74) is 0.861. The molecule has 0 aromatic heterocycles. The minimum atomic E-state index is -0.615. The van der Waals surface area contributed by atoms with Gasteiger partial charge in [-0.1, -0.05) is 26.0 Å². The molecule has 0 amide bonds. The van der Waals surface area contributed by atoms with Gasteiger partial charge in [-0.15, -0.1) is 0 Å². The molecule has 0 aromatic carbocycles. The Bertz CT molecular complexity index is 538. The summed E-state index contributed by atoms with van der Waals surface area (Å²) in [6, 6.07) is 0. The fourth-order valence-corrected chi connectivity index (χ4v) is 7.70. The van der Waals surface area contributed by atoms with E-state index in [1.165, 1.54) is 51.4 Å². The molecule has 4 aliphatic carbocycles. The first-order valence-corrected chi connectivity index (χ1v) is 10.3. The number of carboxylic acids is 1. The number of hydrogen-bond acceptors (Lipinski definition) is 1. The van der Waals surface area contributed by atoms with Crippen molar-refractivity contribution >= 4 is 5.97 Å². The van der Waals surface area contributed by atoms with Gasteiger partial charge in [-0.2, -0.15) is 0 Å². The number of carbonyl (C=O) groups is 1. The van der Waals surface area contributed by atoms with Gasteiger partial charge in [0.2, 0.25) is 0 Å². The number of hydrogen-bond donors (Lipinski definition) is 1. The molecule has 0 aromatic rings. The Kier molecular flexibility index (Phi) is 4.09. The molecule has 0 radical (unpaired) electrons. The maximum Gasteiger partial charge on any atom is 0.303 e. The first kappa shape index (κ1) is 16.7. The van der Waals surface area contributed by atoms with Crippen LogP contribution in [0, 0.1) is 40.4 Å². The summed E-state index contributed by atoms with van der Waals surface area (Å²) in [6.07, 6.45) is 17.2. The molecule has 0 saturated heterocycles. The minimum Gasteiger partial charge on any atom is -0.481 e. The SMILES string of the molecule is C[C@]12CC[C@H]3[C@@H](CCC4CCC=C[C@@]43C)[C@@H]1CC[C@H]2CCC(=O)O. The third-order valence-electron chi connectivity index (χ3n) is 9.03. The van der Waals surface area contributed by atoms with Crippen molar-refractivity contribution in [3.05, 3.63) is 12.2 Å². The van der Waals surface area contributed by atoms with Gasteiger partial charge < -0.3 is 5.11 Å². The summed E-state index contributed by atoms with van der Waals surface area (Å²) in [6.45, 7) is 5.07. The minimum absolute atomic E-state index is 0.365. The highest BCUT2D eigenvalue weighted by molar-refractivity contribution is 5.66. The summed E-state index contributed by atoms with van der Waals surface area (Å²) >= 11 is 0. The molecule has 4 aliphatic rings. The van der Waals surface area contributed by atoms with E-state index in [1.807, 2.05) is 0 Å². The molecular formula is C22H34O2. The smallest absolute Gasteiger partial charge is 0.303 e. The van der Waals surface area contributed by atoms with E-state index in [0.717, 1.165) is 30.1 Å². The van der Waals surface area contributed by atoms with Crippen LogP contribution in [0.15, 0.2) is 12.2 Å². The van der Waals surface area contributed by atoms with Gasteiger partial charge in [0.15, 0.2) is 0 Å². The van der Waals surface area contributed by atoms with E-state index in [9.17, 15) is 4.79 Å². The summed E-state index contributed by atoms with van der Waals surface area (Å²) in [5.74, 6) is 3.57. The third-order valence-corrected chi connectivity index (χ3v) is 9.03. The van der Waals surface area contributed by atoms with Crippen LogP contribution in [0.3, 0.4) is 0 Å². The van der Waals surface area contributed by atoms with Crippen LogP contribution < -0.4 is 0 Å². The number of aliphatic carboxylic acids is 1. The van der Waals surface area contributed by atoms with Crippen LogP contribution in [0.1, 0.15) is 78.1 Å². The standard InChI is InChI=1S/C22H34O2/c1-21-13-4-3-5-15(21)6-9-17-18-10-7-16(8-11-20(23)24)22(18,2)14-12-19(17)21/h4,13,15-19H,3,5-12,14H2,1-2H3,(H,23,24)/t15?,16-,17-,18-,19-,21-,22+/m0/s1. The van der Waals surface area contributed by atoms with Gasteiger partial charge in [-0.05, 0) is 98.2 Å². The molecule has 1 unspecified atom stereocenters. The van der Waals surface area contributed by atoms with E-state index >= 15 is 0 Å². The molecule has 134 valence electrons. The molecule has 1 N–H and O–H groups in total. The Balaban J connectivity index is 1.56. The Morgan fingerprint density at radius 3 is 2.71 bits per heavy atom. The highest BCUT2D eigenvalue weighted by atomic mass is 16.4. The molecule has 7 atom stereocenters. The van der Waals surface area contributed by atoms with Crippen LogP contribution in [-0.4, -0.2) is 11.1 Å². The normalized spacial score (nSPS) is 50.0. The summed E-state index contributed by atoms with van der Waals surface area (Å²) in [5, 5.41) is 9.10. The first-order valence-electron chi connectivity index (χ1n) is 10.3. The second-order valence-electron chi connectivity index (χ2n) is 9.75. The molecule has 2 nitrogen and oxygen atoms in total. The Morgan fingerprint density at radius 1 is 1.08 bits per heavy atom. The highest BCUT2D eigenvalue weighted by Gasteiger charge is 2.58. The highest BCUT2D eigenvalue weighted by Crippen LogP contribution is 2.67. The predicted molar refractivity (Wildman–Crippen MR) is 96.6 cm³/mol. The lowest BCUT2D eigenvalue weighted by atomic mass is 9.46. The van der Waals surface area contributed by atoms with Gasteiger partial charge in [-0.25, -0.2) is 0 Å². The monoisotopic (exact) mass is 330 g/mol. The van der Waals surface area contributed by atoms with Crippen LogP contribution in [0.5, 0.6) is 0 Å². The molecular weight excluding hydrogens is 296 g/mol. The Labute approximate surface area is 147 Å². The van der Waals surface area contributed by atoms with E-state index in [0.29, 0.717) is 23.2 Å². The lowest BCUT2D eigenvalue weighted by Gasteiger charge is -2.59. The Hall–Kier alpha value is -0.790. The molecule has 0 heterocycles. The number of rotatable bonds is 3. The molecule has 0 aliphatic heterocycles. The van der Waals surface area contributed by atoms with Crippen molar-refractivity contribution in [2.45, 2.75) is 78.1 Å². The molecule has 24 heavy (non-hydrogen) atoms. The van der Waals surface area contributed by atoms with E-state index in [1.54, 1.807) is 0 Å². The first-order chi connectivity index (χ1) is 11.4. The molecule has 3 fully saturated rings. The van der Waals surface area contributed by atoms with Crippen molar-refractivity contribution in [2.24, 2.45) is 40.4 Å². The van der Waals surface area contributed by atoms with Crippen molar-refractivity contribution in [3.8, 4) is 0 Å². The van der Waals surface area contributed by atoms with Crippen LogP contribution in [-0.2, 0) is 4.79 Å². The fourth-order valence-electron chi connectivity index (χ4n) is 7.70. The van der Waals surface area contributed by atoms with E-state index in [-0.39, 0.29) is 0 Å². The number of fused-ring (bicyclic) bond motifs is 5. The largest absolute Gasteiger partial charge is 0.481 e. The van der Waals surface area contributed by atoms with Crippen LogP contribution in [0.2, 0.25) is 0 Å². The zero-order valence-corrected chi connectivity index (χ0v) is 15.5. The summed E-state index contributed by atoms with van der Waals surface area (Å²) in [7, 11) is 0. The van der Waals surface area contributed by atoms with Crippen molar-refractivity contribution in [2.75, 3.05) is 0 Å². The molecule has 0 bridgehead atoms. The number of carboxylic acid groups (broad SMARTS) is 1. The van der Waals surface area contributed by atoms with Crippen LogP contribution >= 0.6 is 0 Å². The molecule has 0 spiro atoms. The lowest BCUT2D eigenvalue weighted by molar-refractivity contribution is -0.137. The maximum absolute atomic E-state index is 11.0. The third kappa shape index (κ3) is 2.39. The maximum atomic E-state index is 11.0. The summed E-state index contributed by atoms with van der Waals surface area (Å²) < 4.78 is 0. The van der Waals surface area contributed by atoms with E-state index in [4.69, 9.17) is 5.11 Å². The zero-order chi connectivity index (χ0) is 16.9. The van der Waals surface area contributed by atoms with Crippen LogP contribution in [0.25, 0.3) is 0 Å². The topological polar surface area (TPSA) is 37.3 Å². The zero-order valence-electron chi connectivity index (χ0n) is 15.5. The molecule has 3 saturated carbocycles. The van der Waals surface area contributed by atoms with Crippen molar-refractivity contribution in [3.63, 3.8) is 0 Å². The van der Waals surface area contributed by atoms with Gasteiger partial charge in [0.25, 0.3) is 0 Å². The van der Waals surface area contributed by atoms with E-state index < -0.39 is 5.97 Å². The lowest BCUT2D eigenvalue weighted by Crippen LogP contribution is -2.51. The van der Waals surface area contributed by atoms with Gasteiger partial charge in [-0.3, -0.25) is 4.79 Å². The van der Waals surface area contributed by atoms with Gasteiger partial charge >= 0.3 is 5.97 Å². The molecule has 4 rings (SSSR count).